The molecule has 3 aromatic carbocycles. The normalized spacial score (nSPS) is 10.9. The molecule has 9 nitrogen and oxygen atoms in total. The maximum Gasteiger partial charge on any atom is 0.340 e. The van der Waals surface area contributed by atoms with Gasteiger partial charge < -0.3 is 19.5 Å². The topological polar surface area (TPSA) is 111 Å². The molecular weight excluding hydrogens is 496 g/mol. The van der Waals surface area contributed by atoms with E-state index in [-0.39, 0.29) is 33.3 Å². The van der Waals surface area contributed by atoms with Crippen LogP contribution in [-0.4, -0.2) is 48.2 Å². The van der Waals surface area contributed by atoms with Gasteiger partial charge in [-0.05, 0) is 30.3 Å². The second kappa shape index (κ2) is 11.1. The molecule has 0 radical (unpaired) electrons. The molecule has 184 valence electrons. The van der Waals surface area contributed by atoms with Gasteiger partial charge in [-0.15, -0.1) is 0 Å². The smallest absolute Gasteiger partial charge is 0.340 e. The standard InChI is InChI=1S/C24H23ClN2O7S/c1-32-21-13-19(24(29)34-3)20(14-22(21)33-2)26-23(28)15-27(17-9-7-8-16(25)12-17)35(30,31)18-10-5-4-6-11-18/h4-14H,15H2,1-3H3,(H,26,28). The second-order valence-corrected chi connectivity index (χ2v) is 9.40. The van der Waals surface area contributed by atoms with E-state index < -0.39 is 28.4 Å². The number of nitrogens with zero attached hydrogens (tertiary/aromatic N) is 1. The number of ether oxygens (including phenoxy) is 3. The molecule has 0 bridgehead atoms. The summed E-state index contributed by atoms with van der Waals surface area (Å²) in [6.07, 6.45) is 0. The molecule has 0 saturated carbocycles. The van der Waals surface area contributed by atoms with Crippen LogP contribution in [-0.2, 0) is 19.6 Å². The van der Waals surface area contributed by atoms with Crippen LogP contribution in [0.25, 0.3) is 0 Å². The maximum absolute atomic E-state index is 13.4. The fourth-order valence-electron chi connectivity index (χ4n) is 3.25. The van der Waals surface area contributed by atoms with E-state index in [0.29, 0.717) is 5.02 Å². The number of esters is 1. The van der Waals surface area contributed by atoms with Crippen molar-refractivity contribution in [2.45, 2.75) is 4.90 Å². The van der Waals surface area contributed by atoms with Gasteiger partial charge in [0.1, 0.15) is 6.54 Å². The van der Waals surface area contributed by atoms with Crippen molar-refractivity contribution in [1.29, 1.82) is 0 Å². The Labute approximate surface area is 208 Å². The van der Waals surface area contributed by atoms with E-state index >= 15 is 0 Å². The molecule has 3 rings (SSSR count). The zero-order chi connectivity index (χ0) is 25.6. The van der Waals surface area contributed by atoms with Crippen molar-refractivity contribution < 1.29 is 32.2 Å². The minimum atomic E-state index is -4.14. The quantitative estimate of drug-likeness (QED) is 0.426. The molecular formula is C24H23ClN2O7S. The average Bonchev–Trinajstić information content (AvgIpc) is 2.86. The Hall–Kier alpha value is -3.76. The number of benzene rings is 3. The van der Waals surface area contributed by atoms with Crippen LogP contribution < -0.4 is 19.1 Å². The Bertz CT molecular complexity index is 1330. The van der Waals surface area contributed by atoms with E-state index in [0.717, 1.165) is 4.31 Å². The van der Waals surface area contributed by atoms with Crippen molar-refractivity contribution in [1.82, 2.24) is 0 Å². The first-order valence-corrected chi connectivity index (χ1v) is 12.0. The summed E-state index contributed by atoms with van der Waals surface area (Å²) in [6.45, 7) is -0.605. The van der Waals surface area contributed by atoms with Crippen LogP contribution in [0.15, 0.2) is 71.6 Å². The van der Waals surface area contributed by atoms with E-state index in [2.05, 4.69) is 5.32 Å². The second-order valence-electron chi connectivity index (χ2n) is 7.10. The van der Waals surface area contributed by atoms with Gasteiger partial charge in [0, 0.05) is 17.2 Å². The van der Waals surface area contributed by atoms with Gasteiger partial charge in [-0.2, -0.15) is 0 Å². The third-order valence-corrected chi connectivity index (χ3v) is 6.94. The number of nitrogens with one attached hydrogen (secondary N) is 1. The van der Waals surface area contributed by atoms with Gasteiger partial charge in [0.05, 0.1) is 43.2 Å². The Balaban J connectivity index is 2.01. The third kappa shape index (κ3) is 5.84. The van der Waals surface area contributed by atoms with Gasteiger partial charge in [-0.3, -0.25) is 9.10 Å². The molecule has 0 atom stereocenters. The van der Waals surface area contributed by atoms with Crippen molar-refractivity contribution >= 4 is 44.9 Å². The van der Waals surface area contributed by atoms with Gasteiger partial charge in [0.25, 0.3) is 10.0 Å². The van der Waals surface area contributed by atoms with E-state index in [4.69, 9.17) is 25.8 Å². The molecule has 1 amide bonds. The lowest BCUT2D eigenvalue weighted by molar-refractivity contribution is -0.114. The highest BCUT2D eigenvalue weighted by Crippen LogP contribution is 2.34. The molecule has 0 heterocycles. The van der Waals surface area contributed by atoms with Gasteiger partial charge in [-0.25, -0.2) is 13.2 Å². The van der Waals surface area contributed by atoms with E-state index in [9.17, 15) is 18.0 Å². The molecule has 1 N–H and O–H groups in total. The summed E-state index contributed by atoms with van der Waals surface area (Å²) in [7, 11) is -0.148. The molecule has 0 unspecified atom stereocenters. The van der Waals surface area contributed by atoms with Crippen LogP contribution in [0.3, 0.4) is 0 Å². The summed E-state index contributed by atoms with van der Waals surface area (Å²) in [6, 6.07) is 16.6. The highest BCUT2D eigenvalue weighted by Gasteiger charge is 2.28. The number of hydrogen-bond donors (Lipinski definition) is 1. The molecule has 0 aliphatic heterocycles. The molecule has 0 aliphatic rings. The van der Waals surface area contributed by atoms with Crippen molar-refractivity contribution in [2.75, 3.05) is 37.5 Å². The molecule has 0 fully saturated rings. The highest BCUT2D eigenvalue weighted by atomic mass is 35.5. The van der Waals surface area contributed by atoms with E-state index in [1.54, 1.807) is 30.3 Å². The van der Waals surface area contributed by atoms with Crippen molar-refractivity contribution in [3.05, 3.63) is 77.3 Å². The minimum absolute atomic E-state index is 0.00118. The van der Waals surface area contributed by atoms with Crippen LogP contribution >= 0.6 is 11.6 Å². The first-order chi connectivity index (χ1) is 16.7. The maximum atomic E-state index is 13.4. The van der Waals surface area contributed by atoms with Crippen molar-refractivity contribution in [3.8, 4) is 11.5 Å². The number of methoxy groups -OCH3 is 3. The van der Waals surface area contributed by atoms with Crippen molar-refractivity contribution in [2.24, 2.45) is 0 Å². The number of anilines is 2. The van der Waals surface area contributed by atoms with Crippen LogP contribution in [0, 0.1) is 0 Å². The Kier molecular flexibility index (Phi) is 8.21. The number of sulfonamides is 1. The van der Waals surface area contributed by atoms with E-state index in [1.807, 2.05) is 0 Å². The van der Waals surface area contributed by atoms with Crippen molar-refractivity contribution in [3.63, 3.8) is 0 Å². The molecule has 11 heteroatoms. The number of halogens is 1. The Morgan fingerprint density at radius 2 is 1.57 bits per heavy atom. The Morgan fingerprint density at radius 1 is 0.914 bits per heavy atom. The third-order valence-electron chi connectivity index (χ3n) is 4.92. The summed E-state index contributed by atoms with van der Waals surface area (Å²) in [5.41, 5.74) is 0.249. The number of rotatable bonds is 9. The number of carbonyl (C=O) groups is 2. The first-order valence-electron chi connectivity index (χ1n) is 10.2. The van der Waals surface area contributed by atoms with Gasteiger partial charge in [0.15, 0.2) is 11.5 Å². The minimum Gasteiger partial charge on any atom is -0.493 e. The first kappa shape index (κ1) is 25.9. The van der Waals surface area contributed by atoms with Gasteiger partial charge >= 0.3 is 5.97 Å². The van der Waals surface area contributed by atoms with Crippen LogP contribution in [0.5, 0.6) is 11.5 Å². The lowest BCUT2D eigenvalue weighted by atomic mass is 10.1. The lowest BCUT2D eigenvalue weighted by Gasteiger charge is -2.24. The van der Waals surface area contributed by atoms with E-state index in [1.165, 1.54) is 57.7 Å². The zero-order valence-electron chi connectivity index (χ0n) is 19.1. The lowest BCUT2D eigenvalue weighted by Crippen LogP contribution is -2.38. The summed E-state index contributed by atoms with van der Waals surface area (Å²) in [5, 5.41) is 2.87. The summed E-state index contributed by atoms with van der Waals surface area (Å²) >= 11 is 6.09. The van der Waals surface area contributed by atoms with Crippen LogP contribution in [0.2, 0.25) is 5.02 Å². The summed E-state index contributed by atoms with van der Waals surface area (Å²) in [4.78, 5) is 25.4. The Morgan fingerprint density at radius 3 is 2.17 bits per heavy atom. The average molecular weight is 519 g/mol. The number of carbonyl (C=O) groups excluding carboxylic acids is 2. The summed E-state index contributed by atoms with van der Waals surface area (Å²) < 4.78 is 43.1. The molecule has 0 spiro atoms. The summed E-state index contributed by atoms with van der Waals surface area (Å²) in [5.74, 6) is -0.955. The monoisotopic (exact) mass is 518 g/mol. The predicted molar refractivity (Wildman–Crippen MR) is 132 cm³/mol. The van der Waals surface area contributed by atoms with Crippen LogP contribution in [0.1, 0.15) is 10.4 Å². The zero-order valence-corrected chi connectivity index (χ0v) is 20.7. The van der Waals surface area contributed by atoms with Gasteiger partial charge in [0.2, 0.25) is 5.91 Å². The fraction of sp³-hybridized carbons (Fsp3) is 0.167. The predicted octanol–water partition coefficient (Wildman–Crippen LogP) is 3.98. The number of hydrogen-bond acceptors (Lipinski definition) is 7. The molecule has 3 aromatic rings. The molecule has 35 heavy (non-hydrogen) atoms. The molecule has 0 aromatic heterocycles. The molecule has 0 saturated heterocycles. The largest absolute Gasteiger partial charge is 0.493 e. The number of amides is 1. The van der Waals surface area contributed by atoms with Crippen LogP contribution in [0.4, 0.5) is 11.4 Å². The van der Waals surface area contributed by atoms with Gasteiger partial charge in [-0.1, -0.05) is 35.9 Å². The SMILES string of the molecule is COC(=O)c1cc(OC)c(OC)cc1NC(=O)CN(c1cccc(Cl)c1)S(=O)(=O)c1ccccc1. The fourth-order valence-corrected chi connectivity index (χ4v) is 4.87. The highest BCUT2D eigenvalue weighted by molar-refractivity contribution is 7.92. The molecule has 0 aliphatic carbocycles.